The van der Waals surface area contributed by atoms with Crippen LogP contribution in [0.25, 0.3) is 0 Å². The molecule has 1 rings (SSSR count). The van der Waals surface area contributed by atoms with E-state index in [0.717, 1.165) is 12.2 Å². The van der Waals surface area contributed by atoms with E-state index >= 15 is 0 Å². The van der Waals surface area contributed by atoms with Gasteiger partial charge in [0.05, 0.1) is 26.6 Å². The summed E-state index contributed by atoms with van der Waals surface area (Å²) in [5, 5.41) is 0. The van der Waals surface area contributed by atoms with Crippen LogP contribution >= 0.6 is 7.82 Å². The van der Waals surface area contributed by atoms with Gasteiger partial charge in [-0.25, -0.2) is 4.57 Å². The van der Waals surface area contributed by atoms with Gasteiger partial charge in [-0.1, -0.05) is 20.1 Å². The van der Waals surface area contributed by atoms with Crippen LogP contribution in [0.2, 0.25) is 0 Å². The van der Waals surface area contributed by atoms with E-state index in [9.17, 15) is 18.9 Å². The maximum absolute atomic E-state index is 12.6. The first kappa shape index (κ1) is 24.0. The van der Waals surface area contributed by atoms with Crippen molar-refractivity contribution in [3.8, 4) is 0 Å². The number of carbonyl (C=O) groups excluding carboxylic acids is 3. The molecular formula is C16H27N4O7P. The second kappa shape index (κ2) is 11.1. The molecule has 2 N–H and O–H groups in total. The third-order valence-corrected chi connectivity index (χ3v) is 4.62. The van der Waals surface area contributed by atoms with Crippen LogP contribution in [-0.2, 0) is 23.5 Å². The quantitative estimate of drug-likeness (QED) is 0.360. The van der Waals surface area contributed by atoms with Crippen molar-refractivity contribution in [2.45, 2.75) is 13.3 Å². The van der Waals surface area contributed by atoms with Crippen LogP contribution < -0.4 is 0 Å². The number of likely N-dealkylation sites (N-methyl/N-ethyl adjacent to an activating group) is 1. The number of carbonyl (C=O) groups is 3. The fraction of sp³-hybridized carbons (Fsp3) is 0.562. The topological polar surface area (TPSA) is 131 Å². The predicted octanol–water partition coefficient (Wildman–Crippen LogP) is -0.448. The molecule has 0 aromatic rings. The molecule has 11 nitrogen and oxygen atoms in total. The van der Waals surface area contributed by atoms with Crippen LogP contribution in [0.4, 0.5) is 0 Å². The first-order valence-corrected chi connectivity index (χ1v) is 10.2. The van der Waals surface area contributed by atoms with E-state index in [-0.39, 0.29) is 45.5 Å². The highest BCUT2D eigenvalue weighted by molar-refractivity contribution is 7.46. The van der Waals surface area contributed by atoms with Gasteiger partial charge in [0.25, 0.3) is 0 Å². The Morgan fingerprint density at radius 3 is 1.96 bits per heavy atom. The fourth-order valence-corrected chi connectivity index (χ4v) is 2.90. The van der Waals surface area contributed by atoms with E-state index in [2.05, 4.69) is 17.7 Å². The molecule has 158 valence electrons. The summed E-state index contributed by atoms with van der Waals surface area (Å²) in [6.07, 6.45) is 2.34. The highest BCUT2D eigenvalue weighted by Gasteiger charge is 2.30. The van der Waals surface area contributed by atoms with Crippen molar-refractivity contribution < 1.29 is 33.3 Å². The van der Waals surface area contributed by atoms with E-state index in [1.165, 1.54) is 14.7 Å². The zero-order chi connectivity index (χ0) is 21.3. The van der Waals surface area contributed by atoms with Crippen molar-refractivity contribution in [2.24, 2.45) is 0 Å². The minimum Gasteiger partial charge on any atom is -0.307 e. The van der Waals surface area contributed by atoms with Gasteiger partial charge in [-0.3, -0.25) is 18.9 Å². The van der Waals surface area contributed by atoms with Gasteiger partial charge in [-0.2, -0.15) is 0 Å². The van der Waals surface area contributed by atoms with Crippen molar-refractivity contribution in [3.63, 3.8) is 0 Å². The third-order valence-electron chi connectivity index (χ3n) is 4.11. The van der Waals surface area contributed by atoms with Crippen molar-refractivity contribution in [3.05, 3.63) is 25.3 Å². The van der Waals surface area contributed by atoms with Crippen molar-refractivity contribution in [1.29, 1.82) is 0 Å². The third kappa shape index (κ3) is 7.91. The molecule has 0 unspecified atom stereocenters. The summed E-state index contributed by atoms with van der Waals surface area (Å²) in [5.41, 5.74) is 0. The van der Waals surface area contributed by atoms with E-state index in [1.54, 1.807) is 4.90 Å². The van der Waals surface area contributed by atoms with Gasteiger partial charge in [-0.05, 0) is 18.7 Å². The highest BCUT2D eigenvalue weighted by atomic mass is 31.2. The van der Waals surface area contributed by atoms with Crippen molar-refractivity contribution in [2.75, 3.05) is 46.2 Å². The lowest BCUT2D eigenvalue weighted by atomic mass is 10.3. The molecule has 1 saturated heterocycles. The molecule has 3 amide bonds. The monoisotopic (exact) mass is 418 g/mol. The molecule has 0 spiro atoms. The molecule has 0 aliphatic carbocycles. The minimum atomic E-state index is -4.52. The van der Waals surface area contributed by atoms with Crippen molar-refractivity contribution in [1.82, 2.24) is 19.6 Å². The first-order valence-electron chi connectivity index (χ1n) is 8.64. The van der Waals surface area contributed by atoms with Gasteiger partial charge in [0.15, 0.2) is 0 Å². The van der Waals surface area contributed by atoms with Gasteiger partial charge < -0.3 is 29.4 Å². The summed E-state index contributed by atoms with van der Waals surface area (Å²) in [7, 11) is -4.52. The molecule has 0 bridgehead atoms. The number of nitrogens with zero attached hydrogens (tertiary/aromatic N) is 4. The van der Waals surface area contributed by atoms with Gasteiger partial charge in [0, 0.05) is 19.5 Å². The second-order valence-corrected chi connectivity index (χ2v) is 7.27. The van der Waals surface area contributed by atoms with E-state index in [1.807, 2.05) is 6.92 Å². The van der Waals surface area contributed by atoms with E-state index in [0.29, 0.717) is 13.1 Å². The van der Waals surface area contributed by atoms with Crippen LogP contribution in [0.5, 0.6) is 0 Å². The Hall–Kier alpha value is -2.04. The van der Waals surface area contributed by atoms with Crippen LogP contribution in [0, 0.1) is 0 Å². The molecule has 28 heavy (non-hydrogen) atoms. The average Bonchev–Trinajstić information content (AvgIpc) is 2.67. The summed E-state index contributed by atoms with van der Waals surface area (Å²) in [4.78, 5) is 59.7. The zero-order valence-corrected chi connectivity index (χ0v) is 16.8. The molecule has 0 aromatic heterocycles. The molecule has 0 saturated carbocycles. The van der Waals surface area contributed by atoms with Crippen LogP contribution in [-0.4, -0.2) is 93.4 Å². The second-order valence-electron chi connectivity index (χ2n) is 6.03. The number of rotatable bonds is 10. The predicted molar refractivity (Wildman–Crippen MR) is 100 cm³/mol. The van der Waals surface area contributed by atoms with Crippen LogP contribution in [0.3, 0.4) is 0 Å². The Morgan fingerprint density at radius 2 is 1.54 bits per heavy atom. The SMILES string of the molecule is C=CC(=O)N1CN(C(=O)C=C)CN(C(=O)CCN(CC)CCOP(=O)(O)O)C1. The van der Waals surface area contributed by atoms with Gasteiger partial charge in [0.1, 0.15) is 0 Å². The molecule has 0 aromatic carbocycles. The number of hydrogen-bond acceptors (Lipinski definition) is 6. The number of amides is 3. The van der Waals surface area contributed by atoms with Gasteiger partial charge in [0.2, 0.25) is 17.7 Å². The van der Waals surface area contributed by atoms with Crippen LogP contribution in [0.15, 0.2) is 25.3 Å². The lowest BCUT2D eigenvalue weighted by Gasteiger charge is -2.41. The maximum atomic E-state index is 12.6. The lowest BCUT2D eigenvalue weighted by molar-refractivity contribution is -0.154. The summed E-state index contributed by atoms with van der Waals surface area (Å²) in [6.45, 7) is 9.78. The largest absolute Gasteiger partial charge is 0.469 e. The van der Waals surface area contributed by atoms with E-state index in [4.69, 9.17) is 9.79 Å². The summed E-state index contributed by atoms with van der Waals surface area (Å²) in [6, 6.07) is 0. The minimum absolute atomic E-state index is 0.0397. The number of hydrogen-bond donors (Lipinski definition) is 2. The average molecular weight is 418 g/mol. The molecule has 1 aliphatic rings. The Bertz CT molecular complexity index is 623. The summed E-state index contributed by atoms with van der Waals surface area (Å²) in [5.74, 6) is -1.06. The molecular weight excluding hydrogens is 391 g/mol. The Morgan fingerprint density at radius 1 is 1.04 bits per heavy atom. The normalized spacial score (nSPS) is 14.9. The number of phosphoric ester groups is 1. The Labute approximate surface area is 164 Å². The van der Waals surface area contributed by atoms with E-state index < -0.39 is 19.6 Å². The highest BCUT2D eigenvalue weighted by Crippen LogP contribution is 2.35. The lowest BCUT2D eigenvalue weighted by Crippen LogP contribution is -2.59. The standard InChI is InChI=1S/C16H27N4O7P/c1-4-14(21)18-11-19(15(22)5-2)13-20(12-18)16(23)7-8-17(6-3)9-10-27-28(24,25)26/h4-5H,1-2,6-13H2,3H3,(H2,24,25,26). The number of phosphoric acid groups is 1. The first-order chi connectivity index (χ1) is 13.1. The van der Waals surface area contributed by atoms with Gasteiger partial charge in [-0.15, -0.1) is 0 Å². The molecule has 1 heterocycles. The molecule has 12 heteroatoms. The summed E-state index contributed by atoms with van der Waals surface area (Å²) < 4.78 is 15.1. The fourth-order valence-electron chi connectivity index (χ4n) is 2.58. The summed E-state index contributed by atoms with van der Waals surface area (Å²) >= 11 is 0. The Kier molecular flexibility index (Phi) is 9.50. The molecule has 1 fully saturated rings. The smallest absolute Gasteiger partial charge is 0.307 e. The maximum Gasteiger partial charge on any atom is 0.469 e. The van der Waals surface area contributed by atoms with Gasteiger partial charge >= 0.3 is 7.82 Å². The van der Waals surface area contributed by atoms with Crippen molar-refractivity contribution >= 4 is 25.5 Å². The zero-order valence-electron chi connectivity index (χ0n) is 15.9. The Balaban J connectivity index is 2.65. The molecule has 0 atom stereocenters. The molecule has 1 aliphatic heterocycles. The van der Waals surface area contributed by atoms with Crippen LogP contribution in [0.1, 0.15) is 13.3 Å². The molecule has 0 radical (unpaired) electrons.